The highest BCUT2D eigenvalue weighted by Gasteiger charge is 2.19. The number of para-hydroxylation sites is 2. The minimum atomic E-state index is -0.349. The Morgan fingerprint density at radius 1 is 1.14 bits per heavy atom. The highest BCUT2D eigenvalue weighted by atomic mass is 16.5. The number of benzene rings is 2. The molecule has 0 aromatic heterocycles. The van der Waals surface area contributed by atoms with Gasteiger partial charge in [0.25, 0.3) is 0 Å². The molecule has 144 valence electrons. The summed E-state index contributed by atoms with van der Waals surface area (Å²) in [6.07, 6.45) is 2.62. The average molecular weight is 377 g/mol. The zero-order valence-corrected chi connectivity index (χ0v) is 15.8. The zero-order valence-electron chi connectivity index (χ0n) is 15.8. The summed E-state index contributed by atoms with van der Waals surface area (Å²) in [6, 6.07) is 14.4. The third-order valence-electron chi connectivity index (χ3n) is 4.43. The smallest absolute Gasteiger partial charge is 0.320 e. The molecule has 6 nitrogen and oxygen atoms in total. The molecule has 6 heteroatoms. The second-order valence-corrected chi connectivity index (χ2v) is 6.36. The van der Waals surface area contributed by atoms with Gasteiger partial charge >= 0.3 is 6.03 Å². The fraction of sp³-hybridized carbons (Fsp3) is 0.273. The van der Waals surface area contributed by atoms with Crippen molar-refractivity contribution >= 4 is 23.3 Å². The van der Waals surface area contributed by atoms with Crippen LogP contribution in [-0.2, 0) is 4.79 Å². The van der Waals surface area contributed by atoms with Crippen LogP contribution in [0.25, 0.3) is 0 Å². The predicted octanol–water partition coefficient (Wildman–Crippen LogP) is 3.39. The van der Waals surface area contributed by atoms with Crippen LogP contribution in [-0.4, -0.2) is 32.1 Å². The van der Waals surface area contributed by atoms with E-state index >= 15 is 0 Å². The Kier molecular flexibility index (Phi) is 6.53. The molecule has 1 fully saturated rings. The number of nitrogens with one attached hydrogen (secondary N) is 2. The lowest BCUT2D eigenvalue weighted by atomic mass is 10.1. The van der Waals surface area contributed by atoms with Crippen LogP contribution in [0.2, 0.25) is 0 Å². The molecule has 2 N–H and O–H groups in total. The van der Waals surface area contributed by atoms with Gasteiger partial charge in [-0.1, -0.05) is 24.0 Å². The van der Waals surface area contributed by atoms with Gasteiger partial charge in [-0.2, -0.15) is 0 Å². The molecule has 28 heavy (non-hydrogen) atoms. The van der Waals surface area contributed by atoms with Gasteiger partial charge in [0.1, 0.15) is 5.75 Å². The third kappa shape index (κ3) is 5.04. The minimum Gasteiger partial charge on any atom is -0.495 e. The number of hydrogen-bond acceptors (Lipinski definition) is 3. The number of ether oxygens (including phenoxy) is 1. The molecule has 1 aliphatic rings. The van der Waals surface area contributed by atoms with Gasteiger partial charge in [-0.25, -0.2) is 4.79 Å². The Morgan fingerprint density at radius 2 is 1.93 bits per heavy atom. The molecule has 1 saturated heterocycles. The molecule has 0 atom stereocenters. The summed E-state index contributed by atoms with van der Waals surface area (Å²) in [5.41, 5.74) is 2.34. The summed E-state index contributed by atoms with van der Waals surface area (Å²) < 4.78 is 5.19. The van der Waals surface area contributed by atoms with E-state index in [1.165, 1.54) is 0 Å². The van der Waals surface area contributed by atoms with Gasteiger partial charge in [-0.3, -0.25) is 4.79 Å². The maximum atomic E-state index is 12.0. The molecule has 1 heterocycles. The second-order valence-electron chi connectivity index (χ2n) is 6.36. The largest absolute Gasteiger partial charge is 0.495 e. The van der Waals surface area contributed by atoms with E-state index in [9.17, 15) is 9.59 Å². The van der Waals surface area contributed by atoms with Crippen molar-refractivity contribution in [1.29, 1.82) is 0 Å². The number of rotatable bonds is 4. The monoisotopic (exact) mass is 377 g/mol. The topological polar surface area (TPSA) is 70.7 Å². The van der Waals surface area contributed by atoms with E-state index in [4.69, 9.17) is 4.74 Å². The molecule has 0 unspecified atom stereocenters. The fourth-order valence-electron chi connectivity index (χ4n) is 2.99. The molecule has 2 aromatic carbocycles. The van der Waals surface area contributed by atoms with Crippen molar-refractivity contribution in [2.24, 2.45) is 0 Å². The maximum Gasteiger partial charge on any atom is 0.320 e. The highest BCUT2D eigenvalue weighted by Crippen LogP contribution is 2.23. The molecular formula is C22H23N3O3. The SMILES string of the molecule is COc1ccccc1NC(=O)NCC#Cc1ccc(N2CCCCC2=O)cc1. The van der Waals surface area contributed by atoms with Crippen LogP contribution >= 0.6 is 0 Å². The van der Waals surface area contributed by atoms with E-state index in [1.54, 1.807) is 19.2 Å². The van der Waals surface area contributed by atoms with Gasteiger partial charge in [0.05, 0.1) is 19.3 Å². The van der Waals surface area contributed by atoms with E-state index in [0.29, 0.717) is 17.9 Å². The Bertz CT molecular complexity index is 897. The number of amides is 3. The lowest BCUT2D eigenvalue weighted by Gasteiger charge is -2.26. The second kappa shape index (κ2) is 9.47. The standard InChI is InChI=1S/C22H23N3O3/c1-28-20-9-3-2-8-19(20)24-22(27)23-15-6-7-17-11-13-18(14-12-17)25-16-5-4-10-21(25)26/h2-3,8-9,11-14H,4-5,10,15-16H2,1H3,(H2,23,24,27). The van der Waals surface area contributed by atoms with Crippen molar-refractivity contribution in [3.63, 3.8) is 0 Å². The Balaban J connectivity index is 1.50. The number of nitrogens with zero attached hydrogens (tertiary/aromatic N) is 1. The summed E-state index contributed by atoms with van der Waals surface area (Å²) in [5, 5.41) is 5.42. The molecule has 3 rings (SSSR count). The minimum absolute atomic E-state index is 0.176. The van der Waals surface area contributed by atoms with Crippen molar-refractivity contribution < 1.29 is 14.3 Å². The van der Waals surface area contributed by atoms with Crippen LogP contribution in [0.3, 0.4) is 0 Å². The Labute approximate surface area is 164 Å². The number of hydrogen-bond donors (Lipinski definition) is 2. The van der Waals surface area contributed by atoms with Crippen molar-refractivity contribution in [2.45, 2.75) is 19.3 Å². The third-order valence-corrected chi connectivity index (χ3v) is 4.43. The first-order valence-electron chi connectivity index (χ1n) is 9.24. The number of piperidine rings is 1. The van der Waals surface area contributed by atoms with Gasteiger partial charge in [0.2, 0.25) is 5.91 Å². The molecule has 1 aliphatic heterocycles. The van der Waals surface area contributed by atoms with Crippen LogP contribution in [0.15, 0.2) is 48.5 Å². The van der Waals surface area contributed by atoms with Gasteiger partial charge in [-0.05, 0) is 49.2 Å². The maximum absolute atomic E-state index is 12.0. The summed E-state index contributed by atoms with van der Waals surface area (Å²) in [7, 11) is 1.55. The van der Waals surface area contributed by atoms with E-state index in [1.807, 2.05) is 41.3 Å². The summed E-state index contributed by atoms with van der Waals surface area (Å²) in [5.74, 6) is 6.70. The summed E-state index contributed by atoms with van der Waals surface area (Å²) in [6.45, 7) is 0.989. The number of methoxy groups -OCH3 is 1. The normalized spacial score (nSPS) is 13.3. The molecule has 0 bridgehead atoms. The molecular weight excluding hydrogens is 354 g/mol. The van der Waals surface area contributed by atoms with Gasteiger partial charge in [0, 0.05) is 24.2 Å². The van der Waals surface area contributed by atoms with Gasteiger partial charge < -0.3 is 20.3 Å². The molecule has 0 spiro atoms. The van der Waals surface area contributed by atoms with E-state index in [-0.39, 0.29) is 18.5 Å². The van der Waals surface area contributed by atoms with Crippen LogP contribution in [0.5, 0.6) is 5.75 Å². The van der Waals surface area contributed by atoms with Crippen LogP contribution in [0.1, 0.15) is 24.8 Å². The first-order chi connectivity index (χ1) is 13.7. The van der Waals surface area contributed by atoms with Crippen LogP contribution in [0.4, 0.5) is 16.2 Å². The lowest BCUT2D eigenvalue weighted by Crippen LogP contribution is -2.35. The number of carbonyl (C=O) groups excluding carboxylic acids is 2. The van der Waals surface area contributed by atoms with Crippen molar-refractivity contribution in [3.8, 4) is 17.6 Å². The lowest BCUT2D eigenvalue weighted by molar-refractivity contribution is -0.119. The molecule has 0 aliphatic carbocycles. The zero-order chi connectivity index (χ0) is 19.8. The summed E-state index contributed by atoms with van der Waals surface area (Å²) in [4.78, 5) is 25.8. The average Bonchev–Trinajstić information content (AvgIpc) is 2.72. The molecule has 2 aromatic rings. The number of anilines is 2. The first kappa shape index (κ1) is 19.3. The Morgan fingerprint density at radius 3 is 2.68 bits per heavy atom. The van der Waals surface area contributed by atoms with Crippen molar-refractivity contribution in [1.82, 2.24) is 5.32 Å². The van der Waals surface area contributed by atoms with Crippen molar-refractivity contribution in [3.05, 3.63) is 54.1 Å². The highest BCUT2D eigenvalue weighted by molar-refractivity contribution is 5.94. The van der Waals surface area contributed by atoms with E-state index in [0.717, 1.165) is 30.6 Å². The van der Waals surface area contributed by atoms with Gasteiger partial charge in [0.15, 0.2) is 0 Å². The van der Waals surface area contributed by atoms with E-state index < -0.39 is 0 Å². The number of urea groups is 1. The molecule has 3 amide bonds. The summed E-state index contributed by atoms with van der Waals surface area (Å²) >= 11 is 0. The number of carbonyl (C=O) groups is 2. The Hall–Kier alpha value is -3.46. The van der Waals surface area contributed by atoms with Gasteiger partial charge in [-0.15, -0.1) is 0 Å². The van der Waals surface area contributed by atoms with Crippen LogP contribution < -0.4 is 20.3 Å². The fourth-order valence-corrected chi connectivity index (χ4v) is 2.99. The quantitative estimate of drug-likeness (QED) is 0.803. The predicted molar refractivity (Wildman–Crippen MR) is 110 cm³/mol. The van der Waals surface area contributed by atoms with E-state index in [2.05, 4.69) is 22.5 Å². The molecule has 0 saturated carbocycles. The molecule has 0 radical (unpaired) electrons. The van der Waals surface area contributed by atoms with Crippen molar-refractivity contribution in [2.75, 3.05) is 30.4 Å². The van der Waals surface area contributed by atoms with Crippen LogP contribution in [0, 0.1) is 11.8 Å². The first-order valence-corrected chi connectivity index (χ1v) is 9.24.